The lowest BCUT2D eigenvalue weighted by molar-refractivity contribution is -0.118. The minimum Gasteiger partial charge on any atom is -0.321 e. The van der Waals surface area contributed by atoms with Crippen LogP contribution in [0, 0.1) is 18.3 Å². The first kappa shape index (κ1) is 13.4. The van der Waals surface area contributed by atoms with Gasteiger partial charge in [-0.05, 0) is 56.3 Å². The predicted octanol–water partition coefficient (Wildman–Crippen LogP) is 1.02. The third kappa shape index (κ3) is 2.26. The van der Waals surface area contributed by atoms with Crippen molar-refractivity contribution in [1.82, 2.24) is 9.88 Å². The molecule has 1 atom stereocenters. The first-order valence-electron chi connectivity index (χ1n) is 7.21. The summed E-state index contributed by atoms with van der Waals surface area (Å²) in [4.78, 5) is 24.3. The van der Waals surface area contributed by atoms with Crippen LogP contribution in [-0.2, 0) is 11.8 Å². The summed E-state index contributed by atoms with van der Waals surface area (Å²) in [5, 5.41) is 6.16. The van der Waals surface area contributed by atoms with Crippen LogP contribution < -0.4 is 16.2 Å². The summed E-state index contributed by atoms with van der Waals surface area (Å²) in [7, 11) is 1.70. The number of rotatable bonds is 2. The number of carbonyl (C=O) groups is 1. The number of pyridine rings is 1. The molecule has 1 aromatic heterocycles. The highest BCUT2D eigenvalue weighted by Crippen LogP contribution is 2.58. The highest BCUT2D eigenvalue weighted by Gasteiger charge is 2.57. The van der Waals surface area contributed by atoms with Crippen LogP contribution in [0.5, 0.6) is 0 Å². The van der Waals surface area contributed by atoms with E-state index in [1.807, 2.05) is 6.92 Å². The number of anilines is 1. The SMILES string of the molecule is Cc1cc(NC(=O)C2CC23CCNCC3)c(=O)n(C)c1. The second-order valence-electron chi connectivity index (χ2n) is 6.21. The van der Waals surface area contributed by atoms with Crippen molar-refractivity contribution in [2.75, 3.05) is 18.4 Å². The van der Waals surface area contributed by atoms with Gasteiger partial charge in [-0.15, -0.1) is 0 Å². The van der Waals surface area contributed by atoms with E-state index in [0.29, 0.717) is 5.69 Å². The smallest absolute Gasteiger partial charge is 0.274 e. The zero-order valence-electron chi connectivity index (χ0n) is 12.0. The van der Waals surface area contributed by atoms with Crippen LogP contribution in [0.4, 0.5) is 5.69 Å². The molecule has 1 aliphatic heterocycles. The maximum absolute atomic E-state index is 12.3. The molecule has 5 heteroatoms. The Bertz CT molecular complexity index is 600. The van der Waals surface area contributed by atoms with Crippen LogP contribution in [-0.4, -0.2) is 23.6 Å². The maximum Gasteiger partial charge on any atom is 0.274 e. The first-order valence-corrected chi connectivity index (χ1v) is 7.21. The summed E-state index contributed by atoms with van der Waals surface area (Å²) in [6.07, 6.45) is 4.86. The van der Waals surface area contributed by atoms with Gasteiger partial charge in [0.2, 0.25) is 5.91 Å². The Hall–Kier alpha value is -1.62. The molecule has 2 N–H and O–H groups in total. The molecule has 1 unspecified atom stereocenters. The molecular formula is C15H21N3O2. The third-order valence-electron chi connectivity index (χ3n) is 4.68. The van der Waals surface area contributed by atoms with Crippen LogP contribution in [0.3, 0.4) is 0 Å². The molecule has 0 bridgehead atoms. The molecule has 1 saturated heterocycles. The van der Waals surface area contributed by atoms with Gasteiger partial charge in [-0.3, -0.25) is 9.59 Å². The summed E-state index contributed by atoms with van der Waals surface area (Å²) < 4.78 is 1.51. The molecular weight excluding hydrogens is 254 g/mol. The molecule has 1 aromatic rings. The van der Waals surface area contributed by atoms with E-state index in [1.54, 1.807) is 19.3 Å². The van der Waals surface area contributed by atoms with Crippen molar-refractivity contribution in [1.29, 1.82) is 0 Å². The molecule has 2 aliphatic rings. The Labute approximate surface area is 118 Å². The Morgan fingerprint density at radius 3 is 2.85 bits per heavy atom. The van der Waals surface area contributed by atoms with Gasteiger partial charge in [-0.2, -0.15) is 0 Å². The second kappa shape index (κ2) is 4.74. The molecule has 2 fully saturated rings. The number of nitrogens with zero attached hydrogens (tertiary/aromatic N) is 1. The van der Waals surface area contributed by atoms with E-state index >= 15 is 0 Å². The van der Waals surface area contributed by atoms with E-state index in [-0.39, 0.29) is 22.8 Å². The molecule has 0 aromatic carbocycles. The number of hydrogen-bond acceptors (Lipinski definition) is 3. The summed E-state index contributed by atoms with van der Waals surface area (Å²) in [5.74, 6) is 0.0874. The zero-order chi connectivity index (χ0) is 14.3. The Morgan fingerprint density at radius 2 is 2.15 bits per heavy atom. The minimum absolute atomic E-state index is 0.00889. The average Bonchev–Trinajstić information content (AvgIpc) is 3.10. The van der Waals surface area contributed by atoms with Crippen LogP contribution >= 0.6 is 0 Å². The van der Waals surface area contributed by atoms with E-state index in [4.69, 9.17) is 0 Å². The van der Waals surface area contributed by atoms with Crippen molar-refractivity contribution >= 4 is 11.6 Å². The van der Waals surface area contributed by atoms with Crippen molar-refractivity contribution in [3.63, 3.8) is 0 Å². The van der Waals surface area contributed by atoms with E-state index in [9.17, 15) is 9.59 Å². The third-order valence-corrected chi connectivity index (χ3v) is 4.68. The number of amides is 1. The molecule has 1 spiro atoms. The fraction of sp³-hybridized carbons (Fsp3) is 0.600. The molecule has 2 heterocycles. The quantitative estimate of drug-likeness (QED) is 0.847. The fourth-order valence-corrected chi connectivity index (χ4v) is 3.39. The summed E-state index contributed by atoms with van der Waals surface area (Å²) in [6, 6.07) is 1.75. The Kier molecular flexibility index (Phi) is 3.17. The molecule has 1 saturated carbocycles. The van der Waals surface area contributed by atoms with E-state index in [1.165, 1.54) is 4.57 Å². The number of nitrogens with one attached hydrogen (secondary N) is 2. The lowest BCUT2D eigenvalue weighted by Crippen LogP contribution is -2.32. The lowest BCUT2D eigenvalue weighted by Gasteiger charge is -2.23. The zero-order valence-corrected chi connectivity index (χ0v) is 12.0. The molecule has 1 aliphatic carbocycles. The normalized spacial score (nSPS) is 23.6. The van der Waals surface area contributed by atoms with Crippen molar-refractivity contribution in [3.05, 3.63) is 28.2 Å². The predicted molar refractivity (Wildman–Crippen MR) is 77.7 cm³/mol. The van der Waals surface area contributed by atoms with Gasteiger partial charge < -0.3 is 15.2 Å². The van der Waals surface area contributed by atoms with Gasteiger partial charge in [0, 0.05) is 19.2 Å². The monoisotopic (exact) mass is 275 g/mol. The lowest BCUT2D eigenvalue weighted by atomic mass is 9.92. The molecule has 20 heavy (non-hydrogen) atoms. The first-order chi connectivity index (χ1) is 9.52. The average molecular weight is 275 g/mol. The van der Waals surface area contributed by atoms with Gasteiger partial charge in [0.15, 0.2) is 0 Å². The maximum atomic E-state index is 12.3. The van der Waals surface area contributed by atoms with E-state index < -0.39 is 0 Å². The summed E-state index contributed by atoms with van der Waals surface area (Å²) in [5.41, 5.74) is 1.41. The number of carbonyl (C=O) groups excluding carboxylic acids is 1. The largest absolute Gasteiger partial charge is 0.321 e. The number of aromatic nitrogens is 1. The molecule has 3 rings (SSSR count). The van der Waals surface area contributed by atoms with Gasteiger partial charge in [-0.1, -0.05) is 0 Å². The topological polar surface area (TPSA) is 63.1 Å². The Morgan fingerprint density at radius 1 is 1.45 bits per heavy atom. The van der Waals surface area contributed by atoms with Gasteiger partial charge in [0.25, 0.3) is 5.56 Å². The van der Waals surface area contributed by atoms with Crippen LogP contribution in [0.1, 0.15) is 24.8 Å². The number of aryl methyl sites for hydroxylation is 2. The van der Waals surface area contributed by atoms with Gasteiger partial charge in [0.1, 0.15) is 5.69 Å². The van der Waals surface area contributed by atoms with Gasteiger partial charge in [-0.25, -0.2) is 0 Å². The summed E-state index contributed by atoms with van der Waals surface area (Å²) in [6.45, 7) is 3.91. The number of hydrogen-bond donors (Lipinski definition) is 2. The minimum atomic E-state index is -0.149. The second-order valence-corrected chi connectivity index (χ2v) is 6.21. The number of piperidine rings is 1. The van der Waals surface area contributed by atoms with Crippen LogP contribution in [0.25, 0.3) is 0 Å². The summed E-state index contributed by atoms with van der Waals surface area (Å²) >= 11 is 0. The van der Waals surface area contributed by atoms with Crippen molar-refractivity contribution in [2.45, 2.75) is 26.2 Å². The van der Waals surface area contributed by atoms with Gasteiger partial charge in [0.05, 0.1) is 0 Å². The fourth-order valence-electron chi connectivity index (χ4n) is 3.39. The van der Waals surface area contributed by atoms with E-state index in [2.05, 4.69) is 10.6 Å². The highest BCUT2D eigenvalue weighted by molar-refractivity contribution is 5.95. The van der Waals surface area contributed by atoms with Crippen LogP contribution in [0.15, 0.2) is 17.1 Å². The molecule has 5 nitrogen and oxygen atoms in total. The van der Waals surface area contributed by atoms with Gasteiger partial charge >= 0.3 is 0 Å². The molecule has 108 valence electrons. The van der Waals surface area contributed by atoms with Crippen molar-refractivity contribution in [3.8, 4) is 0 Å². The molecule has 1 amide bonds. The van der Waals surface area contributed by atoms with Crippen molar-refractivity contribution < 1.29 is 4.79 Å². The standard InChI is InChI=1S/C15H21N3O2/c1-10-7-12(14(20)18(2)9-10)17-13(19)11-8-15(11)3-5-16-6-4-15/h7,9,11,16H,3-6,8H2,1-2H3,(H,17,19). The molecule has 0 radical (unpaired) electrons. The Balaban J connectivity index is 1.73. The highest BCUT2D eigenvalue weighted by atomic mass is 16.2. The van der Waals surface area contributed by atoms with E-state index in [0.717, 1.165) is 37.9 Å². The van der Waals surface area contributed by atoms with Crippen molar-refractivity contribution in [2.24, 2.45) is 18.4 Å². The van der Waals surface area contributed by atoms with Crippen LogP contribution in [0.2, 0.25) is 0 Å².